The lowest BCUT2D eigenvalue weighted by atomic mass is 9.88. The van der Waals surface area contributed by atoms with Crippen LogP contribution in [-0.2, 0) is 6.42 Å². The standard InChI is InChI=1S/C11H14BrF/c1-11(2,3)7-8-4-5-9(12)10(13)6-8/h4-6H,7H2,1-3H3. The summed E-state index contributed by atoms with van der Waals surface area (Å²) in [6.07, 6.45) is 0.900. The van der Waals surface area contributed by atoms with Gasteiger partial charge in [-0.1, -0.05) is 26.8 Å². The van der Waals surface area contributed by atoms with Crippen LogP contribution in [0.1, 0.15) is 26.3 Å². The monoisotopic (exact) mass is 244 g/mol. The smallest absolute Gasteiger partial charge is 0.137 e. The second-order valence-electron chi connectivity index (χ2n) is 4.49. The molecule has 13 heavy (non-hydrogen) atoms. The maximum absolute atomic E-state index is 13.1. The zero-order valence-corrected chi connectivity index (χ0v) is 9.78. The summed E-state index contributed by atoms with van der Waals surface area (Å²) in [5.41, 5.74) is 1.26. The fourth-order valence-corrected chi connectivity index (χ4v) is 1.51. The van der Waals surface area contributed by atoms with E-state index >= 15 is 0 Å². The Morgan fingerprint density at radius 3 is 2.38 bits per heavy atom. The highest BCUT2D eigenvalue weighted by molar-refractivity contribution is 9.10. The van der Waals surface area contributed by atoms with Gasteiger partial charge in [-0.15, -0.1) is 0 Å². The summed E-state index contributed by atoms with van der Waals surface area (Å²) in [5.74, 6) is -0.179. The van der Waals surface area contributed by atoms with Crippen molar-refractivity contribution in [2.24, 2.45) is 5.41 Å². The topological polar surface area (TPSA) is 0 Å². The minimum Gasteiger partial charge on any atom is -0.206 e. The van der Waals surface area contributed by atoms with Crippen molar-refractivity contribution in [3.05, 3.63) is 34.1 Å². The van der Waals surface area contributed by atoms with E-state index in [1.165, 1.54) is 0 Å². The maximum atomic E-state index is 13.1. The first kappa shape index (κ1) is 10.7. The molecule has 0 aromatic heterocycles. The number of halogens is 2. The molecule has 0 heterocycles. The average Bonchev–Trinajstić information content (AvgIpc) is 1.94. The molecule has 0 saturated heterocycles. The summed E-state index contributed by atoms with van der Waals surface area (Å²) in [4.78, 5) is 0. The Bertz CT molecular complexity index is 299. The molecule has 0 N–H and O–H groups in total. The Labute approximate surface area is 87.3 Å². The van der Waals surface area contributed by atoms with Gasteiger partial charge in [-0.2, -0.15) is 0 Å². The highest BCUT2D eigenvalue weighted by atomic mass is 79.9. The molecule has 0 amide bonds. The van der Waals surface area contributed by atoms with Crippen molar-refractivity contribution in [1.29, 1.82) is 0 Å². The summed E-state index contributed by atoms with van der Waals surface area (Å²) in [7, 11) is 0. The van der Waals surface area contributed by atoms with Crippen LogP contribution in [-0.4, -0.2) is 0 Å². The largest absolute Gasteiger partial charge is 0.206 e. The van der Waals surface area contributed by atoms with Gasteiger partial charge in [-0.3, -0.25) is 0 Å². The van der Waals surface area contributed by atoms with Crippen LogP contribution in [0.3, 0.4) is 0 Å². The molecule has 0 fully saturated rings. The fraction of sp³-hybridized carbons (Fsp3) is 0.455. The molecule has 72 valence electrons. The Kier molecular flexibility index (Phi) is 3.12. The van der Waals surface area contributed by atoms with Gasteiger partial charge in [0, 0.05) is 0 Å². The van der Waals surface area contributed by atoms with Crippen molar-refractivity contribution < 1.29 is 4.39 Å². The molecular formula is C11H14BrF. The van der Waals surface area contributed by atoms with Crippen LogP contribution in [0.15, 0.2) is 22.7 Å². The van der Waals surface area contributed by atoms with Gasteiger partial charge in [0.25, 0.3) is 0 Å². The Morgan fingerprint density at radius 2 is 1.92 bits per heavy atom. The first-order chi connectivity index (χ1) is 5.88. The first-order valence-electron chi connectivity index (χ1n) is 4.32. The lowest BCUT2D eigenvalue weighted by Crippen LogP contribution is -2.09. The van der Waals surface area contributed by atoms with E-state index in [4.69, 9.17) is 0 Å². The van der Waals surface area contributed by atoms with Gasteiger partial charge < -0.3 is 0 Å². The van der Waals surface area contributed by atoms with Gasteiger partial charge in [-0.05, 0) is 45.5 Å². The van der Waals surface area contributed by atoms with Crippen molar-refractivity contribution in [3.63, 3.8) is 0 Å². The molecule has 0 radical (unpaired) electrons. The number of hydrogen-bond acceptors (Lipinski definition) is 0. The lowest BCUT2D eigenvalue weighted by Gasteiger charge is -2.18. The molecule has 2 heteroatoms. The predicted molar refractivity (Wildman–Crippen MR) is 57.3 cm³/mol. The van der Waals surface area contributed by atoms with E-state index in [0.29, 0.717) is 4.47 Å². The first-order valence-corrected chi connectivity index (χ1v) is 5.12. The van der Waals surface area contributed by atoms with E-state index in [1.807, 2.05) is 6.07 Å². The van der Waals surface area contributed by atoms with Crippen molar-refractivity contribution in [1.82, 2.24) is 0 Å². The van der Waals surface area contributed by atoms with Crippen LogP contribution >= 0.6 is 15.9 Å². The SMILES string of the molecule is CC(C)(C)Cc1ccc(Br)c(F)c1. The van der Waals surface area contributed by atoms with Crippen LogP contribution < -0.4 is 0 Å². The molecule has 1 rings (SSSR count). The van der Waals surface area contributed by atoms with Crippen molar-refractivity contribution in [2.75, 3.05) is 0 Å². The quantitative estimate of drug-likeness (QED) is 0.696. The van der Waals surface area contributed by atoms with Gasteiger partial charge in [0.15, 0.2) is 0 Å². The fourth-order valence-electron chi connectivity index (χ4n) is 1.26. The van der Waals surface area contributed by atoms with Crippen LogP contribution in [0.4, 0.5) is 4.39 Å². The minimum atomic E-state index is -0.179. The maximum Gasteiger partial charge on any atom is 0.137 e. The zero-order chi connectivity index (χ0) is 10.1. The molecule has 0 unspecified atom stereocenters. The Hall–Kier alpha value is -0.370. The molecule has 0 spiro atoms. The van der Waals surface area contributed by atoms with Crippen molar-refractivity contribution >= 4 is 15.9 Å². The molecule has 0 aliphatic rings. The minimum absolute atomic E-state index is 0.179. The summed E-state index contributed by atoms with van der Waals surface area (Å²) in [6.45, 7) is 6.44. The molecular weight excluding hydrogens is 231 g/mol. The van der Waals surface area contributed by atoms with Gasteiger partial charge >= 0.3 is 0 Å². The molecule has 0 bridgehead atoms. The van der Waals surface area contributed by atoms with Crippen LogP contribution in [0, 0.1) is 11.2 Å². The highest BCUT2D eigenvalue weighted by Crippen LogP contribution is 2.23. The molecule has 1 aromatic rings. The van der Waals surface area contributed by atoms with E-state index in [-0.39, 0.29) is 11.2 Å². The van der Waals surface area contributed by atoms with Gasteiger partial charge in [0.05, 0.1) is 4.47 Å². The third-order valence-electron chi connectivity index (χ3n) is 1.72. The van der Waals surface area contributed by atoms with E-state index < -0.39 is 0 Å². The molecule has 0 aliphatic carbocycles. The summed E-state index contributed by atoms with van der Waals surface area (Å²) < 4.78 is 13.6. The second kappa shape index (κ2) is 3.79. The van der Waals surface area contributed by atoms with E-state index in [1.54, 1.807) is 12.1 Å². The second-order valence-corrected chi connectivity index (χ2v) is 5.34. The van der Waals surface area contributed by atoms with Crippen LogP contribution in [0.5, 0.6) is 0 Å². The van der Waals surface area contributed by atoms with Crippen LogP contribution in [0.25, 0.3) is 0 Å². The van der Waals surface area contributed by atoms with Crippen molar-refractivity contribution in [3.8, 4) is 0 Å². The van der Waals surface area contributed by atoms with Crippen LogP contribution in [0.2, 0.25) is 0 Å². The Balaban J connectivity index is 2.86. The van der Waals surface area contributed by atoms with Gasteiger partial charge in [-0.25, -0.2) is 4.39 Å². The summed E-state index contributed by atoms with van der Waals surface area (Å²) in [5, 5.41) is 0. The van der Waals surface area contributed by atoms with Gasteiger partial charge in [0.1, 0.15) is 5.82 Å². The lowest BCUT2D eigenvalue weighted by molar-refractivity contribution is 0.410. The van der Waals surface area contributed by atoms with E-state index in [9.17, 15) is 4.39 Å². The van der Waals surface area contributed by atoms with Gasteiger partial charge in [0.2, 0.25) is 0 Å². The van der Waals surface area contributed by atoms with E-state index in [0.717, 1.165) is 12.0 Å². The number of benzene rings is 1. The molecule has 1 aromatic carbocycles. The van der Waals surface area contributed by atoms with E-state index in [2.05, 4.69) is 36.7 Å². The molecule has 0 atom stereocenters. The zero-order valence-electron chi connectivity index (χ0n) is 8.20. The molecule has 0 aliphatic heterocycles. The molecule has 0 saturated carbocycles. The molecule has 0 nitrogen and oxygen atoms in total. The summed E-state index contributed by atoms with van der Waals surface area (Å²) >= 11 is 3.13. The normalized spacial score (nSPS) is 11.8. The Morgan fingerprint density at radius 1 is 1.31 bits per heavy atom. The average molecular weight is 245 g/mol. The third kappa shape index (κ3) is 3.47. The highest BCUT2D eigenvalue weighted by Gasteiger charge is 2.12. The van der Waals surface area contributed by atoms with Crippen molar-refractivity contribution in [2.45, 2.75) is 27.2 Å². The third-order valence-corrected chi connectivity index (χ3v) is 2.36. The number of rotatable bonds is 1. The summed E-state index contributed by atoms with van der Waals surface area (Å²) in [6, 6.07) is 5.31. The number of hydrogen-bond donors (Lipinski definition) is 0. The predicted octanol–water partition coefficient (Wildman–Crippen LogP) is 4.18.